The monoisotopic (exact) mass is 363 g/mol. The number of methoxy groups -OCH3 is 1. The van der Waals surface area contributed by atoms with Crippen molar-refractivity contribution in [3.8, 4) is 0 Å². The smallest absolute Gasteiger partial charge is 0.252 e. The molecular weight excluding hydrogens is 334 g/mol. The largest absolute Gasteiger partial charge is 0.380 e. The average molecular weight is 364 g/mol. The standard InChI is InChI=1S/C20H29NO3S/c1-13-17(20(2,3)18(13)23-4)21-19(22)15-9-5-6-10-16(15)25-12-14-8-7-11-24-14/h5-6,9-10,13-14,17-18H,7-8,11-12H2,1-4H3,(H,21,22)/t13-,14-,17-,18-/m1/s1. The van der Waals surface area contributed by atoms with Gasteiger partial charge in [0, 0.05) is 41.7 Å². The Bertz CT molecular complexity index is 613. The van der Waals surface area contributed by atoms with Crippen LogP contribution in [0, 0.1) is 11.3 Å². The minimum atomic E-state index is -0.0520. The molecule has 4 atom stereocenters. The Morgan fingerprint density at radius 2 is 2.16 bits per heavy atom. The molecule has 1 heterocycles. The molecule has 1 aliphatic carbocycles. The van der Waals surface area contributed by atoms with Crippen molar-refractivity contribution in [3.05, 3.63) is 29.8 Å². The molecule has 0 aromatic heterocycles. The third kappa shape index (κ3) is 3.74. The van der Waals surface area contributed by atoms with Crippen molar-refractivity contribution in [3.63, 3.8) is 0 Å². The second-order valence-corrected chi connectivity index (χ2v) is 8.79. The van der Waals surface area contributed by atoms with Gasteiger partial charge in [-0.05, 0) is 25.0 Å². The Kier molecular flexibility index (Phi) is 5.76. The van der Waals surface area contributed by atoms with Gasteiger partial charge in [-0.15, -0.1) is 11.8 Å². The molecule has 25 heavy (non-hydrogen) atoms. The lowest BCUT2D eigenvalue weighted by molar-refractivity contribution is -0.141. The number of carbonyl (C=O) groups excluding carboxylic acids is 1. The van der Waals surface area contributed by atoms with Crippen LogP contribution in [0.3, 0.4) is 0 Å². The van der Waals surface area contributed by atoms with Crippen molar-refractivity contribution in [2.45, 2.75) is 56.8 Å². The van der Waals surface area contributed by atoms with Gasteiger partial charge in [-0.25, -0.2) is 0 Å². The first-order chi connectivity index (χ1) is 11.9. The van der Waals surface area contributed by atoms with Crippen LogP contribution in [0.4, 0.5) is 0 Å². The predicted octanol–water partition coefficient (Wildman–Crippen LogP) is 3.75. The summed E-state index contributed by atoms with van der Waals surface area (Å²) in [4.78, 5) is 13.9. The van der Waals surface area contributed by atoms with Crippen LogP contribution in [0.1, 0.15) is 44.0 Å². The first-order valence-corrected chi connectivity index (χ1v) is 10.1. The normalized spacial score (nSPS) is 30.7. The predicted molar refractivity (Wildman–Crippen MR) is 101 cm³/mol. The second-order valence-electron chi connectivity index (χ2n) is 7.73. The fraction of sp³-hybridized carbons (Fsp3) is 0.650. The van der Waals surface area contributed by atoms with Crippen LogP contribution in [0.2, 0.25) is 0 Å². The molecule has 1 saturated heterocycles. The van der Waals surface area contributed by atoms with Crippen molar-refractivity contribution < 1.29 is 14.3 Å². The van der Waals surface area contributed by atoms with E-state index in [0.29, 0.717) is 12.0 Å². The molecule has 0 spiro atoms. The van der Waals surface area contributed by atoms with Gasteiger partial charge < -0.3 is 14.8 Å². The van der Waals surface area contributed by atoms with Gasteiger partial charge in [-0.1, -0.05) is 32.9 Å². The second kappa shape index (κ2) is 7.68. The number of carbonyl (C=O) groups is 1. The molecule has 4 nitrogen and oxygen atoms in total. The van der Waals surface area contributed by atoms with Gasteiger partial charge in [0.25, 0.3) is 5.91 Å². The molecule has 0 bridgehead atoms. The lowest BCUT2D eigenvalue weighted by Crippen LogP contribution is -2.67. The van der Waals surface area contributed by atoms with Crippen molar-refractivity contribution in [1.82, 2.24) is 5.32 Å². The number of thioether (sulfide) groups is 1. The molecule has 0 unspecified atom stereocenters. The summed E-state index contributed by atoms with van der Waals surface area (Å²) in [6.07, 6.45) is 2.76. The Hall–Kier alpha value is -1.04. The highest BCUT2D eigenvalue weighted by Crippen LogP contribution is 2.47. The molecule has 2 aliphatic rings. The highest BCUT2D eigenvalue weighted by Gasteiger charge is 2.55. The molecule has 3 rings (SSSR count). The van der Waals surface area contributed by atoms with Gasteiger partial charge in [0.2, 0.25) is 0 Å². The molecular formula is C20H29NO3S. The van der Waals surface area contributed by atoms with Crippen LogP contribution in [0.5, 0.6) is 0 Å². The Balaban J connectivity index is 1.66. The van der Waals surface area contributed by atoms with Crippen molar-refractivity contribution in [2.75, 3.05) is 19.5 Å². The maximum atomic E-state index is 12.9. The molecule has 1 saturated carbocycles. The summed E-state index contributed by atoms with van der Waals surface area (Å²) in [7, 11) is 1.75. The SMILES string of the molecule is CO[C@@H]1[C@H](C)[C@@H](NC(=O)c2ccccc2SC[C@H]2CCCO2)C1(C)C. The number of hydrogen-bond acceptors (Lipinski definition) is 4. The molecule has 1 amide bonds. The quantitative estimate of drug-likeness (QED) is 0.782. The third-order valence-corrected chi connectivity index (χ3v) is 6.86. The Morgan fingerprint density at radius 1 is 1.40 bits per heavy atom. The average Bonchev–Trinajstić information content (AvgIpc) is 3.11. The minimum Gasteiger partial charge on any atom is -0.380 e. The van der Waals surface area contributed by atoms with E-state index < -0.39 is 0 Å². The maximum absolute atomic E-state index is 12.9. The summed E-state index contributed by atoms with van der Waals surface area (Å²) in [5, 5.41) is 3.24. The number of rotatable bonds is 6. The highest BCUT2D eigenvalue weighted by atomic mass is 32.2. The van der Waals surface area contributed by atoms with Crippen LogP contribution >= 0.6 is 11.8 Å². The van der Waals surface area contributed by atoms with Gasteiger partial charge >= 0.3 is 0 Å². The van der Waals surface area contributed by atoms with E-state index in [4.69, 9.17) is 9.47 Å². The van der Waals surface area contributed by atoms with E-state index in [0.717, 1.165) is 35.7 Å². The number of hydrogen-bond donors (Lipinski definition) is 1. The number of nitrogens with one attached hydrogen (secondary N) is 1. The van der Waals surface area contributed by atoms with Gasteiger partial charge in [-0.2, -0.15) is 0 Å². The van der Waals surface area contributed by atoms with Crippen molar-refractivity contribution in [2.24, 2.45) is 11.3 Å². The summed E-state index contributed by atoms with van der Waals surface area (Å²) >= 11 is 1.72. The first kappa shape index (κ1) is 18.7. The van der Waals surface area contributed by atoms with Gasteiger partial charge in [0.15, 0.2) is 0 Å². The zero-order valence-electron chi connectivity index (χ0n) is 15.6. The number of amides is 1. The lowest BCUT2D eigenvalue weighted by Gasteiger charge is -2.56. The molecule has 0 radical (unpaired) electrons. The third-order valence-electron chi connectivity index (χ3n) is 5.66. The zero-order valence-corrected chi connectivity index (χ0v) is 16.4. The van der Waals surface area contributed by atoms with E-state index in [1.54, 1.807) is 18.9 Å². The lowest BCUT2D eigenvalue weighted by atomic mass is 9.58. The van der Waals surface area contributed by atoms with Crippen LogP contribution in [-0.2, 0) is 9.47 Å². The Morgan fingerprint density at radius 3 is 2.80 bits per heavy atom. The van der Waals surface area contributed by atoms with Crippen LogP contribution in [0.15, 0.2) is 29.2 Å². The van der Waals surface area contributed by atoms with Gasteiger partial charge in [0.05, 0.1) is 17.8 Å². The van der Waals surface area contributed by atoms with Crippen LogP contribution in [-0.4, -0.2) is 43.6 Å². The fourth-order valence-electron chi connectivity index (χ4n) is 4.38. The summed E-state index contributed by atoms with van der Waals surface area (Å²) < 4.78 is 11.3. The van der Waals surface area contributed by atoms with E-state index in [-0.39, 0.29) is 23.5 Å². The summed E-state index contributed by atoms with van der Waals surface area (Å²) in [5.41, 5.74) is 0.707. The van der Waals surface area contributed by atoms with E-state index in [1.807, 2.05) is 24.3 Å². The molecule has 138 valence electrons. The topological polar surface area (TPSA) is 47.6 Å². The molecule has 1 aliphatic heterocycles. The Labute approximate surface area is 155 Å². The molecule has 1 aromatic carbocycles. The first-order valence-electron chi connectivity index (χ1n) is 9.12. The van der Waals surface area contributed by atoms with E-state index in [2.05, 4.69) is 26.1 Å². The molecule has 1 aromatic rings. The van der Waals surface area contributed by atoms with Gasteiger partial charge in [0.1, 0.15) is 0 Å². The number of benzene rings is 1. The van der Waals surface area contributed by atoms with Crippen LogP contribution in [0.25, 0.3) is 0 Å². The van der Waals surface area contributed by atoms with E-state index in [9.17, 15) is 4.79 Å². The molecule has 2 fully saturated rings. The summed E-state index contributed by atoms with van der Waals surface area (Å²) in [5.74, 6) is 1.23. The molecule has 1 N–H and O–H groups in total. The maximum Gasteiger partial charge on any atom is 0.252 e. The summed E-state index contributed by atoms with van der Waals surface area (Å²) in [6, 6.07) is 7.99. The number of ether oxygens (including phenoxy) is 2. The van der Waals surface area contributed by atoms with E-state index in [1.165, 1.54) is 0 Å². The summed E-state index contributed by atoms with van der Waals surface area (Å²) in [6.45, 7) is 7.32. The highest BCUT2D eigenvalue weighted by molar-refractivity contribution is 7.99. The molecule has 5 heteroatoms. The minimum absolute atomic E-state index is 0.00918. The van der Waals surface area contributed by atoms with Crippen LogP contribution < -0.4 is 5.32 Å². The van der Waals surface area contributed by atoms with Crippen molar-refractivity contribution in [1.29, 1.82) is 0 Å². The fourth-order valence-corrected chi connectivity index (χ4v) is 5.50. The van der Waals surface area contributed by atoms with E-state index >= 15 is 0 Å². The van der Waals surface area contributed by atoms with Gasteiger partial charge in [-0.3, -0.25) is 4.79 Å². The zero-order chi connectivity index (χ0) is 18.0. The van der Waals surface area contributed by atoms with Crippen molar-refractivity contribution >= 4 is 17.7 Å².